The molecule has 1 atom stereocenters. The number of nitro groups is 1. The molecule has 1 fully saturated rings. The molecule has 25 heavy (non-hydrogen) atoms. The first kappa shape index (κ1) is 16.6. The van der Waals surface area contributed by atoms with E-state index in [0.29, 0.717) is 5.56 Å². The molecule has 0 saturated carbocycles. The largest absolute Gasteiger partial charge is 0.325 e. The Kier molecular flexibility index (Phi) is 4.00. The van der Waals surface area contributed by atoms with Gasteiger partial charge >= 0.3 is 6.03 Å². The quantitative estimate of drug-likeness (QED) is 0.526. The lowest BCUT2D eigenvalue weighted by Crippen LogP contribution is -2.40. The van der Waals surface area contributed by atoms with E-state index in [9.17, 15) is 19.7 Å². The summed E-state index contributed by atoms with van der Waals surface area (Å²) in [5, 5.41) is 13.5. The molecule has 128 valence electrons. The van der Waals surface area contributed by atoms with Gasteiger partial charge in [0.1, 0.15) is 5.54 Å². The third-order valence-corrected chi connectivity index (χ3v) is 4.52. The van der Waals surface area contributed by atoms with Gasteiger partial charge in [-0.05, 0) is 42.7 Å². The predicted molar refractivity (Wildman–Crippen MR) is 90.7 cm³/mol. The van der Waals surface area contributed by atoms with Gasteiger partial charge in [0.05, 0.1) is 11.5 Å². The molecule has 7 heteroatoms. The molecule has 1 saturated heterocycles. The lowest BCUT2D eigenvalue weighted by Gasteiger charge is -2.22. The maximum Gasteiger partial charge on any atom is 0.325 e. The van der Waals surface area contributed by atoms with Crippen LogP contribution in [0, 0.1) is 17.0 Å². The van der Waals surface area contributed by atoms with Gasteiger partial charge in [0, 0.05) is 12.1 Å². The first-order valence-corrected chi connectivity index (χ1v) is 7.76. The third kappa shape index (κ3) is 2.84. The van der Waals surface area contributed by atoms with Gasteiger partial charge in [0.15, 0.2) is 0 Å². The second-order valence-corrected chi connectivity index (χ2v) is 6.18. The van der Waals surface area contributed by atoms with E-state index in [-0.39, 0.29) is 18.1 Å². The maximum absolute atomic E-state index is 12.9. The highest BCUT2D eigenvalue weighted by atomic mass is 16.6. The van der Waals surface area contributed by atoms with Crippen molar-refractivity contribution in [1.82, 2.24) is 10.2 Å². The van der Waals surface area contributed by atoms with Crippen molar-refractivity contribution in [3.05, 3.63) is 75.3 Å². The highest BCUT2D eigenvalue weighted by molar-refractivity contribution is 6.07. The molecule has 0 aliphatic carbocycles. The van der Waals surface area contributed by atoms with Crippen LogP contribution in [-0.4, -0.2) is 21.8 Å². The Balaban J connectivity index is 1.89. The molecule has 1 N–H and O–H groups in total. The molecule has 2 aromatic rings. The third-order valence-electron chi connectivity index (χ3n) is 4.52. The van der Waals surface area contributed by atoms with Crippen molar-refractivity contribution in [1.29, 1.82) is 0 Å². The molecule has 7 nitrogen and oxygen atoms in total. The Bertz CT molecular complexity index is 863. The van der Waals surface area contributed by atoms with Crippen molar-refractivity contribution < 1.29 is 14.5 Å². The minimum absolute atomic E-state index is 0.0686. The average molecular weight is 339 g/mol. The Morgan fingerprint density at radius 3 is 2.36 bits per heavy atom. The summed E-state index contributed by atoms with van der Waals surface area (Å²) >= 11 is 0. The molecular formula is C18H17N3O4. The lowest BCUT2D eigenvalue weighted by molar-refractivity contribution is -0.384. The summed E-state index contributed by atoms with van der Waals surface area (Å²) in [5.74, 6) is -0.380. The summed E-state index contributed by atoms with van der Waals surface area (Å²) in [4.78, 5) is 36.7. The number of amides is 3. The number of carbonyl (C=O) groups excluding carboxylic acids is 2. The number of benzene rings is 2. The van der Waals surface area contributed by atoms with Crippen LogP contribution < -0.4 is 5.32 Å². The number of imide groups is 1. The zero-order valence-electron chi connectivity index (χ0n) is 13.9. The number of urea groups is 1. The van der Waals surface area contributed by atoms with Crippen molar-refractivity contribution >= 4 is 17.6 Å². The monoisotopic (exact) mass is 339 g/mol. The summed E-state index contributed by atoms with van der Waals surface area (Å²) in [7, 11) is 0. The number of aryl methyl sites for hydroxylation is 1. The van der Waals surface area contributed by atoms with E-state index in [2.05, 4.69) is 5.32 Å². The smallest absolute Gasteiger partial charge is 0.319 e. The van der Waals surface area contributed by atoms with E-state index < -0.39 is 16.5 Å². The highest BCUT2D eigenvalue weighted by Gasteiger charge is 2.49. The topological polar surface area (TPSA) is 92.6 Å². The van der Waals surface area contributed by atoms with Crippen molar-refractivity contribution in [2.75, 3.05) is 0 Å². The molecule has 3 amide bonds. The Labute approximate surface area is 144 Å². The molecule has 0 spiro atoms. The summed E-state index contributed by atoms with van der Waals surface area (Å²) in [6, 6.07) is 12.7. The van der Waals surface area contributed by atoms with E-state index in [4.69, 9.17) is 0 Å². The molecule has 1 aliphatic rings. The van der Waals surface area contributed by atoms with Gasteiger partial charge in [0.25, 0.3) is 11.6 Å². The van der Waals surface area contributed by atoms with E-state index in [0.717, 1.165) is 11.1 Å². The van der Waals surface area contributed by atoms with Gasteiger partial charge in [-0.1, -0.05) is 24.3 Å². The number of hydrogen-bond donors (Lipinski definition) is 1. The van der Waals surface area contributed by atoms with Crippen LogP contribution >= 0.6 is 0 Å². The van der Waals surface area contributed by atoms with Gasteiger partial charge in [0.2, 0.25) is 0 Å². The van der Waals surface area contributed by atoms with Crippen LogP contribution in [0.25, 0.3) is 0 Å². The minimum atomic E-state index is -1.24. The van der Waals surface area contributed by atoms with Crippen LogP contribution in [0.2, 0.25) is 0 Å². The molecule has 2 aromatic carbocycles. The molecule has 1 heterocycles. The summed E-state index contributed by atoms with van der Waals surface area (Å²) in [6.07, 6.45) is 0. The van der Waals surface area contributed by atoms with Crippen molar-refractivity contribution in [3.63, 3.8) is 0 Å². The first-order chi connectivity index (χ1) is 11.8. The number of rotatable bonds is 4. The maximum atomic E-state index is 12.9. The van der Waals surface area contributed by atoms with Crippen LogP contribution in [0.5, 0.6) is 0 Å². The predicted octanol–water partition coefficient (Wildman–Crippen LogP) is 2.87. The fraction of sp³-hybridized carbons (Fsp3) is 0.222. The molecule has 0 bridgehead atoms. The Morgan fingerprint density at radius 2 is 1.76 bits per heavy atom. The van der Waals surface area contributed by atoms with Crippen LogP contribution in [0.3, 0.4) is 0 Å². The van der Waals surface area contributed by atoms with Gasteiger partial charge in [-0.25, -0.2) is 4.79 Å². The lowest BCUT2D eigenvalue weighted by atomic mass is 9.92. The van der Waals surface area contributed by atoms with Gasteiger partial charge in [-0.15, -0.1) is 0 Å². The SMILES string of the molecule is Cc1ccccc1CN1C(=O)N[C@](C)(c2ccc([N+](=O)[O-])cc2)C1=O. The van der Waals surface area contributed by atoms with Gasteiger partial charge in [-0.2, -0.15) is 0 Å². The normalized spacial score (nSPS) is 19.8. The second kappa shape index (κ2) is 6.01. The number of carbonyl (C=O) groups is 2. The summed E-state index contributed by atoms with van der Waals surface area (Å²) < 4.78 is 0. The second-order valence-electron chi connectivity index (χ2n) is 6.18. The van der Waals surface area contributed by atoms with E-state index >= 15 is 0 Å². The van der Waals surface area contributed by atoms with Gasteiger partial charge < -0.3 is 5.32 Å². The minimum Gasteiger partial charge on any atom is -0.319 e. The number of non-ortho nitro benzene ring substituents is 1. The zero-order chi connectivity index (χ0) is 18.2. The molecular weight excluding hydrogens is 322 g/mol. The average Bonchev–Trinajstić information content (AvgIpc) is 2.81. The van der Waals surface area contributed by atoms with E-state index in [1.165, 1.54) is 29.2 Å². The Hall–Kier alpha value is -3.22. The number of nitro benzene ring substituents is 1. The summed E-state index contributed by atoms with van der Waals surface area (Å²) in [6.45, 7) is 3.70. The van der Waals surface area contributed by atoms with E-state index in [1.807, 2.05) is 31.2 Å². The molecule has 0 unspecified atom stereocenters. The van der Waals surface area contributed by atoms with Crippen LogP contribution in [0.4, 0.5) is 10.5 Å². The van der Waals surface area contributed by atoms with Crippen molar-refractivity contribution in [3.8, 4) is 0 Å². The van der Waals surface area contributed by atoms with Crippen LogP contribution in [-0.2, 0) is 16.9 Å². The summed E-state index contributed by atoms with van der Waals surface area (Å²) in [5.41, 5.74) is 1.07. The molecule has 0 radical (unpaired) electrons. The van der Waals surface area contributed by atoms with Crippen molar-refractivity contribution in [2.24, 2.45) is 0 Å². The number of hydrogen-bond acceptors (Lipinski definition) is 4. The molecule has 0 aromatic heterocycles. The van der Waals surface area contributed by atoms with Crippen LogP contribution in [0.15, 0.2) is 48.5 Å². The molecule has 1 aliphatic heterocycles. The Morgan fingerprint density at radius 1 is 1.12 bits per heavy atom. The van der Waals surface area contributed by atoms with Crippen molar-refractivity contribution in [2.45, 2.75) is 25.9 Å². The van der Waals surface area contributed by atoms with Crippen LogP contribution in [0.1, 0.15) is 23.6 Å². The zero-order valence-corrected chi connectivity index (χ0v) is 13.9. The standard InChI is InChI=1S/C18H17N3O4/c1-12-5-3-4-6-13(12)11-20-16(22)18(2,19-17(20)23)14-7-9-15(10-8-14)21(24)25/h3-10H,11H2,1-2H3,(H,19,23)/t18-/m1/s1. The molecule has 3 rings (SSSR count). The fourth-order valence-corrected chi connectivity index (χ4v) is 2.91. The van der Waals surface area contributed by atoms with E-state index in [1.54, 1.807) is 6.92 Å². The van der Waals surface area contributed by atoms with Gasteiger partial charge in [-0.3, -0.25) is 19.8 Å². The number of nitrogens with one attached hydrogen (secondary N) is 1. The first-order valence-electron chi connectivity index (χ1n) is 7.76. The fourth-order valence-electron chi connectivity index (χ4n) is 2.91. The highest BCUT2D eigenvalue weighted by Crippen LogP contribution is 2.31. The number of nitrogens with zero attached hydrogens (tertiary/aromatic N) is 2.